The number of anilines is 1. The van der Waals surface area contributed by atoms with Crippen LogP contribution in [0.1, 0.15) is 33.6 Å². The molecular formula is C25H27ClN6O. The number of carbonyl (C=O) groups is 1. The predicted molar refractivity (Wildman–Crippen MR) is 131 cm³/mol. The average molecular weight is 463 g/mol. The summed E-state index contributed by atoms with van der Waals surface area (Å²) in [5, 5.41) is 4.97. The van der Waals surface area contributed by atoms with E-state index in [2.05, 4.69) is 46.2 Å². The molecule has 4 aromatic rings. The van der Waals surface area contributed by atoms with Gasteiger partial charge in [-0.3, -0.25) is 4.79 Å². The summed E-state index contributed by atoms with van der Waals surface area (Å²) in [5.74, 6) is 0.796. The molecule has 2 aromatic heterocycles. The Morgan fingerprint density at radius 2 is 1.82 bits per heavy atom. The maximum absolute atomic E-state index is 13.4. The van der Waals surface area contributed by atoms with Crippen molar-refractivity contribution in [2.45, 2.75) is 26.8 Å². The lowest BCUT2D eigenvalue weighted by Gasteiger charge is -2.21. The fourth-order valence-corrected chi connectivity index (χ4v) is 4.66. The number of imidazole rings is 1. The molecule has 0 atom stereocenters. The Morgan fingerprint density at radius 1 is 1.03 bits per heavy atom. The number of fused-ring (bicyclic) bond motifs is 1. The highest BCUT2D eigenvalue weighted by Gasteiger charge is 2.27. The van der Waals surface area contributed by atoms with Crippen molar-refractivity contribution in [2.24, 2.45) is 0 Å². The number of H-pyrrole nitrogens is 1. The van der Waals surface area contributed by atoms with Gasteiger partial charge in [0, 0.05) is 26.2 Å². The maximum Gasteiger partial charge on any atom is 0.258 e. The van der Waals surface area contributed by atoms with Crippen molar-refractivity contribution in [1.29, 1.82) is 0 Å². The molecule has 1 aliphatic heterocycles. The van der Waals surface area contributed by atoms with E-state index in [-0.39, 0.29) is 5.91 Å². The first kappa shape index (κ1) is 21.5. The molecule has 0 radical (unpaired) electrons. The predicted octanol–water partition coefficient (Wildman–Crippen LogP) is 4.43. The van der Waals surface area contributed by atoms with Gasteiger partial charge in [-0.25, -0.2) is 9.67 Å². The normalized spacial score (nSPS) is 14.6. The van der Waals surface area contributed by atoms with Gasteiger partial charge in [0.25, 0.3) is 5.91 Å². The lowest BCUT2D eigenvalue weighted by molar-refractivity contribution is 0.0766. The largest absolute Gasteiger partial charge is 0.341 e. The number of aromatic nitrogens is 4. The zero-order valence-electron chi connectivity index (χ0n) is 18.9. The molecule has 0 aliphatic carbocycles. The van der Waals surface area contributed by atoms with Crippen molar-refractivity contribution in [2.75, 3.05) is 31.1 Å². The molecule has 1 N–H and O–H groups in total. The summed E-state index contributed by atoms with van der Waals surface area (Å²) < 4.78 is 1.72. The Labute approximate surface area is 198 Å². The number of hydrogen-bond donors (Lipinski definition) is 1. The summed E-state index contributed by atoms with van der Waals surface area (Å²) in [6, 6.07) is 16.3. The van der Waals surface area contributed by atoms with Gasteiger partial charge in [-0.15, -0.1) is 0 Å². The van der Waals surface area contributed by atoms with E-state index in [1.54, 1.807) is 4.68 Å². The molecule has 170 valence electrons. The van der Waals surface area contributed by atoms with Gasteiger partial charge in [-0.2, -0.15) is 5.10 Å². The van der Waals surface area contributed by atoms with Crippen LogP contribution in [0.5, 0.6) is 0 Å². The number of rotatable bonds is 4. The fourth-order valence-electron chi connectivity index (χ4n) is 4.35. The highest BCUT2D eigenvalue weighted by atomic mass is 35.5. The number of amides is 1. The fraction of sp³-hybridized carbons (Fsp3) is 0.320. The van der Waals surface area contributed by atoms with Crippen LogP contribution in [0.4, 0.5) is 5.95 Å². The Balaban J connectivity index is 1.31. The minimum absolute atomic E-state index is 0.0564. The van der Waals surface area contributed by atoms with E-state index in [0.29, 0.717) is 42.6 Å². The summed E-state index contributed by atoms with van der Waals surface area (Å²) in [6.45, 7) is 7.27. The number of nitrogens with one attached hydrogen (secondary N) is 1. The van der Waals surface area contributed by atoms with E-state index >= 15 is 0 Å². The number of aromatic amines is 1. The van der Waals surface area contributed by atoms with E-state index in [1.165, 1.54) is 5.56 Å². The molecule has 1 saturated heterocycles. The summed E-state index contributed by atoms with van der Waals surface area (Å²) in [4.78, 5) is 25.6. The second kappa shape index (κ2) is 8.90. The highest BCUT2D eigenvalue weighted by molar-refractivity contribution is 6.33. The van der Waals surface area contributed by atoms with Crippen LogP contribution >= 0.6 is 11.6 Å². The van der Waals surface area contributed by atoms with Gasteiger partial charge in [0.05, 0.1) is 28.8 Å². The van der Waals surface area contributed by atoms with Crippen molar-refractivity contribution in [3.05, 3.63) is 76.1 Å². The highest BCUT2D eigenvalue weighted by Crippen LogP contribution is 2.24. The number of nitrogens with zero attached hydrogens (tertiary/aromatic N) is 5. The Bertz CT molecular complexity index is 1260. The Hall–Kier alpha value is -3.32. The molecule has 33 heavy (non-hydrogen) atoms. The minimum Gasteiger partial charge on any atom is -0.341 e. The van der Waals surface area contributed by atoms with Crippen LogP contribution in [0.3, 0.4) is 0 Å². The number of halogens is 1. The van der Waals surface area contributed by atoms with Crippen LogP contribution in [0, 0.1) is 13.8 Å². The van der Waals surface area contributed by atoms with Gasteiger partial charge >= 0.3 is 0 Å². The zero-order valence-corrected chi connectivity index (χ0v) is 19.6. The monoisotopic (exact) mass is 462 g/mol. The van der Waals surface area contributed by atoms with Crippen LogP contribution in [-0.2, 0) is 6.54 Å². The molecular weight excluding hydrogens is 436 g/mol. The van der Waals surface area contributed by atoms with Gasteiger partial charge in [-0.1, -0.05) is 53.6 Å². The molecule has 0 saturated carbocycles. The van der Waals surface area contributed by atoms with Crippen LogP contribution < -0.4 is 4.90 Å². The molecule has 0 bridgehead atoms. The van der Waals surface area contributed by atoms with Crippen LogP contribution in [-0.4, -0.2) is 56.7 Å². The molecule has 7 nitrogen and oxygen atoms in total. The third-order valence-corrected chi connectivity index (χ3v) is 6.58. The van der Waals surface area contributed by atoms with Gasteiger partial charge in [0.2, 0.25) is 5.95 Å². The van der Waals surface area contributed by atoms with E-state index in [1.807, 2.05) is 36.1 Å². The molecule has 1 amide bonds. The molecule has 0 spiro atoms. The minimum atomic E-state index is -0.0564. The zero-order chi connectivity index (χ0) is 22.9. The molecule has 1 aliphatic rings. The third kappa shape index (κ3) is 4.33. The number of para-hydroxylation sites is 2. The second-order valence-electron chi connectivity index (χ2n) is 8.60. The second-order valence-corrected chi connectivity index (χ2v) is 8.96. The van der Waals surface area contributed by atoms with Crippen molar-refractivity contribution >= 4 is 34.5 Å². The molecule has 5 rings (SSSR count). The summed E-state index contributed by atoms with van der Waals surface area (Å²) in [6.07, 6.45) is 0.858. The van der Waals surface area contributed by atoms with Crippen LogP contribution in [0.25, 0.3) is 11.0 Å². The topological polar surface area (TPSA) is 70.1 Å². The molecule has 3 heterocycles. The van der Waals surface area contributed by atoms with Gasteiger partial charge < -0.3 is 14.8 Å². The van der Waals surface area contributed by atoms with Gasteiger partial charge in [0.15, 0.2) is 0 Å². The average Bonchev–Trinajstić information content (AvgIpc) is 3.24. The van der Waals surface area contributed by atoms with Crippen molar-refractivity contribution in [3.63, 3.8) is 0 Å². The van der Waals surface area contributed by atoms with E-state index in [0.717, 1.165) is 35.5 Å². The smallest absolute Gasteiger partial charge is 0.258 e. The number of carbonyl (C=O) groups excluding carboxylic acids is 1. The van der Waals surface area contributed by atoms with E-state index in [4.69, 9.17) is 16.6 Å². The van der Waals surface area contributed by atoms with E-state index < -0.39 is 0 Å². The SMILES string of the molecule is Cc1ccc(Cn2nc(C)c(C(=O)N3CCCN(c4nc5ccccc5[nH]4)CC3)c2Cl)cc1. The quantitative estimate of drug-likeness (QED) is 0.487. The third-order valence-electron chi connectivity index (χ3n) is 6.19. The lowest BCUT2D eigenvalue weighted by atomic mass is 10.1. The molecule has 1 fully saturated rings. The number of hydrogen-bond acceptors (Lipinski definition) is 4. The standard InChI is InChI=1S/C25H27ClN6O/c1-17-8-10-19(11-9-17)16-32-23(26)22(18(2)29-32)24(33)30-12-5-13-31(15-14-30)25-27-20-6-3-4-7-21(20)28-25/h3-4,6-11H,5,12-16H2,1-2H3,(H,27,28). The lowest BCUT2D eigenvalue weighted by Crippen LogP contribution is -2.35. The molecule has 0 unspecified atom stereocenters. The summed E-state index contributed by atoms with van der Waals surface area (Å²) in [5.41, 5.74) is 5.44. The van der Waals surface area contributed by atoms with Crippen LogP contribution in [0.15, 0.2) is 48.5 Å². The molecule has 2 aromatic carbocycles. The summed E-state index contributed by atoms with van der Waals surface area (Å²) in [7, 11) is 0. The first-order chi connectivity index (χ1) is 16.0. The van der Waals surface area contributed by atoms with Crippen LogP contribution in [0.2, 0.25) is 5.15 Å². The Morgan fingerprint density at radius 3 is 2.61 bits per heavy atom. The van der Waals surface area contributed by atoms with Crippen molar-refractivity contribution < 1.29 is 4.79 Å². The van der Waals surface area contributed by atoms with Crippen molar-refractivity contribution in [3.8, 4) is 0 Å². The van der Waals surface area contributed by atoms with Gasteiger partial charge in [0.1, 0.15) is 5.15 Å². The van der Waals surface area contributed by atoms with E-state index in [9.17, 15) is 4.79 Å². The summed E-state index contributed by atoms with van der Waals surface area (Å²) >= 11 is 6.66. The number of aryl methyl sites for hydroxylation is 2. The first-order valence-electron chi connectivity index (χ1n) is 11.3. The maximum atomic E-state index is 13.4. The van der Waals surface area contributed by atoms with Gasteiger partial charge in [-0.05, 0) is 38.0 Å². The Kier molecular flexibility index (Phi) is 5.81. The molecule has 8 heteroatoms. The number of benzene rings is 2. The first-order valence-corrected chi connectivity index (χ1v) is 11.6. The van der Waals surface area contributed by atoms with Crippen molar-refractivity contribution in [1.82, 2.24) is 24.6 Å².